The van der Waals surface area contributed by atoms with Crippen LogP contribution in [0, 0.1) is 5.82 Å². The highest BCUT2D eigenvalue weighted by molar-refractivity contribution is 7.17. The molecule has 0 aliphatic carbocycles. The largest absolute Gasteiger partial charge is 0.497 e. The van der Waals surface area contributed by atoms with Gasteiger partial charge in [0, 0.05) is 36.2 Å². The average molecular weight is 593 g/mol. The number of ether oxygens (including phenoxy) is 3. The highest BCUT2D eigenvalue weighted by Gasteiger charge is 2.27. The standard InChI is InChI=1S/C32H33FN2O6S/c1-5-17-41-28-15-11-22(18-29(28)40-4)27(36)14-16-30(37)34(2)32(38)35(19-21-9-12-23(39-3)13-10-21)26-20-42-31-24(26)7-6-8-25(31)33/h6-13,15,18,20H,5,14,16-17,19H2,1-4H3. The Morgan fingerprint density at radius 2 is 1.69 bits per heavy atom. The molecule has 1 aromatic heterocycles. The predicted molar refractivity (Wildman–Crippen MR) is 161 cm³/mol. The summed E-state index contributed by atoms with van der Waals surface area (Å²) in [7, 11) is 4.44. The second-order valence-corrected chi connectivity index (χ2v) is 10.4. The van der Waals surface area contributed by atoms with Gasteiger partial charge in [-0.15, -0.1) is 11.3 Å². The van der Waals surface area contributed by atoms with Crippen molar-refractivity contribution in [3.63, 3.8) is 0 Å². The van der Waals surface area contributed by atoms with Gasteiger partial charge in [-0.05, 0) is 48.4 Å². The van der Waals surface area contributed by atoms with Gasteiger partial charge in [0.15, 0.2) is 17.3 Å². The molecular formula is C32H33FN2O6S. The number of halogens is 1. The fraction of sp³-hybridized carbons (Fsp3) is 0.281. The summed E-state index contributed by atoms with van der Waals surface area (Å²) in [6.07, 6.45) is 0.557. The first-order chi connectivity index (χ1) is 20.3. The molecule has 10 heteroatoms. The van der Waals surface area contributed by atoms with Crippen molar-refractivity contribution in [2.75, 3.05) is 32.8 Å². The molecule has 0 saturated heterocycles. The third-order valence-electron chi connectivity index (χ3n) is 6.73. The molecule has 1 heterocycles. The molecule has 42 heavy (non-hydrogen) atoms. The molecule has 8 nitrogen and oxygen atoms in total. The molecule has 4 rings (SSSR count). The Kier molecular flexibility index (Phi) is 10.1. The van der Waals surface area contributed by atoms with Crippen molar-refractivity contribution in [1.82, 2.24) is 4.90 Å². The van der Waals surface area contributed by atoms with E-state index in [1.807, 2.05) is 19.1 Å². The topological polar surface area (TPSA) is 85.4 Å². The van der Waals surface area contributed by atoms with Crippen molar-refractivity contribution < 1.29 is 33.0 Å². The van der Waals surface area contributed by atoms with Gasteiger partial charge in [0.05, 0.1) is 37.8 Å². The van der Waals surface area contributed by atoms with Crippen LogP contribution in [0.4, 0.5) is 14.9 Å². The van der Waals surface area contributed by atoms with Gasteiger partial charge in [0.25, 0.3) is 0 Å². The number of urea groups is 1. The Balaban J connectivity index is 1.51. The predicted octanol–water partition coefficient (Wildman–Crippen LogP) is 7.09. The number of ketones is 1. The number of anilines is 1. The molecule has 3 aromatic carbocycles. The Labute approximate surface area is 248 Å². The summed E-state index contributed by atoms with van der Waals surface area (Å²) in [5.74, 6) is 0.465. The number of rotatable bonds is 12. The molecule has 0 fully saturated rings. The molecule has 0 atom stereocenters. The normalized spacial score (nSPS) is 10.8. The highest BCUT2D eigenvalue weighted by Crippen LogP contribution is 2.36. The lowest BCUT2D eigenvalue weighted by Crippen LogP contribution is -2.44. The number of thiophene rings is 1. The van der Waals surface area contributed by atoms with Crippen LogP contribution in [0.2, 0.25) is 0 Å². The lowest BCUT2D eigenvalue weighted by Gasteiger charge is -2.27. The number of benzene rings is 3. The maximum Gasteiger partial charge on any atom is 0.331 e. The SMILES string of the molecule is CCCOc1ccc(C(=O)CCC(=O)N(C)C(=O)N(Cc2ccc(OC)cc2)c2csc3c(F)cccc23)cc1OC. The number of methoxy groups -OCH3 is 2. The summed E-state index contributed by atoms with van der Waals surface area (Å²) in [4.78, 5) is 42.3. The maximum atomic E-state index is 14.5. The lowest BCUT2D eigenvalue weighted by molar-refractivity contribution is -0.127. The number of fused-ring (bicyclic) bond motifs is 1. The number of Topliss-reactive ketones (excluding diaryl/α,β-unsaturated/α-hetero) is 1. The van der Waals surface area contributed by atoms with E-state index in [1.54, 1.807) is 55.0 Å². The summed E-state index contributed by atoms with van der Waals surface area (Å²) in [6.45, 7) is 2.64. The molecule has 0 saturated carbocycles. The van der Waals surface area contributed by atoms with Gasteiger partial charge < -0.3 is 14.2 Å². The van der Waals surface area contributed by atoms with E-state index < -0.39 is 11.9 Å². The van der Waals surface area contributed by atoms with Crippen LogP contribution >= 0.6 is 11.3 Å². The molecule has 220 valence electrons. The Bertz CT molecular complexity index is 1570. The van der Waals surface area contributed by atoms with E-state index in [0.29, 0.717) is 45.2 Å². The number of hydrogen-bond acceptors (Lipinski definition) is 7. The number of nitrogens with zero attached hydrogens (tertiary/aromatic N) is 2. The molecule has 0 spiro atoms. The van der Waals surface area contributed by atoms with E-state index in [-0.39, 0.29) is 31.0 Å². The van der Waals surface area contributed by atoms with Crippen molar-refractivity contribution in [3.8, 4) is 17.2 Å². The van der Waals surface area contributed by atoms with E-state index in [4.69, 9.17) is 14.2 Å². The summed E-state index contributed by atoms with van der Waals surface area (Å²) < 4.78 is 31.1. The van der Waals surface area contributed by atoms with Crippen molar-refractivity contribution in [3.05, 3.63) is 83.0 Å². The Hall–Kier alpha value is -4.44. The van der Waals surface area contributed by atoms with Crippen LogP contribution < -0.4 is 19.1 Å². The number of hydrogen-bond donors (Lipinski definition) is 0. The van der Waals surface area contributed by atoms with E-state index in [2.05, 4.69) is 0 Å². The Morgan fingerprint density at radius 1 is 0.929 bits per heavy atom. The minimum Gasteiger partial charge on any atom is -0.497 e. The smallest absolute Gasteiger partial charge is 0.331 e. The first kappa shape index (κ1) is 30.5. The van der Waals surface area contributed by atoms with Gasteiger partial charge in [0.1, 0.15) is 11.6 Å². The first-order valence-electron chi connectivity index (χ1n) is 13.5. The van der Waals surface area contributed by atoms with Gasteiger partial charge in [-0.1, -0.05) is 31.2 Å². The third kappa shape index (κ3) is 6.88. The van der Waals surface area contributed by atoms with Gasteiger partial charge in [-0.25, -0.2) is 9.18 Å². The van der Waals surface area contributed by atoms with Crippen LogP contribution in [-0.2, 0) is 11.3 Å². The van der Waals surface area contributed by atoms with Gasteiger partial charge in [0.2, 0.25) is 5.91 Å². The van der Waals surface area contributed by atoms with Crippen molar-refractivity contribution >= 4 is 44.8 Å². The second-order valence-electron chi connectivity index (χ2n) is 9.54. The van der Waals surface area contributed by atoms with E-state index in [9.17, 15) is 18.8 Å². The quantitative estimate of drug-likeness (QED) is 0.163. The molecular weight excluding hydrogens is 559 g/mol. The molecule has 4 aromatic rings. The molecule has 0 aliphatic heterocycles. The van der Waals surface area contributed by atoms with Crippen LogP contribution in [0.3, 0.4) is 0 Å². The van der Waals surface area contributed by atoms with Crippen LogP contribution in [-0.4, -0.2) is 50.5 Å². The Morgan fingerprint density at radius 3 is 2.38 bits per heavy atom. The van der Waals surface area contributed by atoms with Crippen LogP contribution in [0.25, 0.3) is 10.1 Å². The van der Waals surface area contributed by atoms with Crippen molar-refractivity contribution in [2.45, 2.75) is 32.7 Å². The zero-order valence-electron chi connectivity index (χ0n) is 24.0. The van der Waals surface area contributed by atoms with Crippen LogP contribution in [0.15, 0.2) is 66.0 Å². The second kappa shape index (κ2) is 14.0. The average Bonchev–Trinajstić information content (AvgIpc) is 3.46. The zero-order chi connectivity index (χ0) is 30.2. The highest BCUT2D eigenvalue weighted by atomic mass is 32.1. The molecule has 0 bridgehead atoms. The molecule has 0 unspecified atom stereocenters. The molecule has 3 amide bonds. The van der Waals surface area contributed by atoms with Gasteiger partial charge in [-0.3, -0.25) is 19.4 Å². The van der Waals surface area contributed by atoms with Crippen LogP contribution in [0.5, 0.6) is 17.2 Å². The summed E-state index contributed by atoms with van der Waals surface area (Å²) >= 11 is 1.19. The van der Waals surface area contributed by atoms with E-state index in [0.717, 1.165) is 16.9 Å². The molecule has 0 aliphatic rings. The van der Waals surface area contributed by atoms with E-state index >= 15 is 0 Å². The number of carbonyl (C=O) groups is 3. The van der Waals surface area contributed by atoms with Crippen molar-refractivity contribution in [2.24, 2.45) is 0 Å². The minimum atomic E-state index is -0.591. The monoisotopic (exact) mass is 592 g/mol. The fourth-order valence-corrected chi connectivity index (χ4v) is 5.34. The summed E-state index contributed by atoms with van der Waals surface area (Å²) in [5.41, 5.74) is 1.66. The maximum absolute atomic E-state index is 14.5. The summed E-state index contributed by atoms with van der Waals surface area (Å²) in [5, 5.41) is 2.27. The minimum absolute atomic E-state index is 0.0974. The number of carbonyl (C=O) groups excluding carboxylic acids is 3. The lowest BCUT2D eigenvalue weighted by atomic mass is 10.1. The number of amides is 3. The van der Waals surface area contributed by atoms with Crippen LogP contribution in [0.1, 0.15) is 42.1 Å². The zero-order valence-corrected chi connectivity index (χ0v) is 24.8. The third-order valence-corrected chi connectivity index (χ3v) is 7.72. The fourth-order valence-electron chi connectivity index (χ4n) is 4.38. The van der Waals surface area contributed by atoms with Crippen molar-refractivity contribution in [1.29, 1.82) is 0 Å². The molecule has 0 N–H and O–H groups in total. The summed E-state index contributed by atoms with van der Waals surface area (Å²) in [6, 6.07) is 16.2. The number of imide groups is 1. The first-order valence-corrected chi connectivity index (χ1v) is 14.4. The molecule has 0 radical (unpaired) electrons. The van der Waals surface area contributed by atoms with E-state index in [1.165, 1.54) is 36.5 Å². The van der Waals surface area contributed by atoms with Gasteiger partial charge in [-0.2, -0.15) is 0 Å². The van der Waals surface area contributed by atoms with Gasteiger partial charge >= 0.3 is 6.03 Å².